The van der Waals surface area contributed by atoms with Crippen molar-refractivity contribution in [2.45, 2.75) is 18.8 Å². The number of aliphatic carboxylic acids is 1. The third-order valence-electron chi connectivity index (χ3n) is 3.06. The van der Waals surface area contributed by atoms with Crippen molar-refractivity contribution in [1.82, 2.24) is 5.32 Å². The molecule has 5 heteroatoms. The summed E-state index contributed by atoms with van der Waals surface area (Å²) in [6.07, 6.45) is 2.34. The van der Waals surface area contributed by atoms with Gasteiger partial charge in [0.05, 0.1) is 0 Å². The first-order valence-electron chi connectivity index (χ1n) is 6.05. The molecular weight excluding hydrogens is 262 g/mol. The van der Waals surface area contributed by atoms with Gasteiger partial charge in [-0.2, -0.15) is 11.8 Å². The number of carboxylic acids is 1. The van der Waals surface area contributed by atoms with Gasteiger partial charge in [-0.25, -0.2) is 0 Å². The predicted octanol–water partition coefficient (Wildman–Crippen LogP) is 1.90. The monoisotopic (exact) mass is 281 g/mol. The van der Waals surface area contributed by atoms with Gasteiger partial charge in [0.1, 0.15) is 5.41 Å². The molecule has 0 saturated heterocycles. The summed E-state index contributed by atoms with van der Waals surface area (Å²) >= 11 is 1.59. The van der Waals surface area contributed by atoms with Crippen LogP contribution in [0.5, 0.6) is 0 Å². The van der Waals surface area contributed by atoms with Crippen LogP contribution in [0.2, 0.25) is 0 Å². The Bertz CT molecular complexity index is 436. The average molecular weight is 281 g/mol. The number of benzene rings is 1. The first-order valence-corrected chi connectivity index (χ1v) is 7.44. The molecule has 0 fully saturated rings. The number of carbonyl (C=O) groups is 2. The minimum atomic E-state index is -1.10. The summed E-state index contributed by atoms with van der Waals surface area (Å²) in [4.78, 5) is 23.1. The highest BCUT2D eigenvalue weighted by atomic mass is 32.2. The number of hydrogen-bond donors (Lipinski definition) is 2. The van der Waals surface area contributed by atoms with E-state index in [0.717, 1.165) is 5.75 Å². The van der Waals surface area contributed by atoms with Crippen molar-refractivity contribution in [3.05, 3.63) is 35.9 Å². The Hall–Kier alpha value is -1.49. The highest BCUT2D eigenvalue weighted by Gasteiger charge is 2.35. The number of carbonyl (C=O) groups excluding carboxylic acids is 1. The van der Waals surface area contributed by atoms with Crippen molar-refractivity contribution in [3.63, 3.8) is 0 Å². The second-order valence-electron chi connectivity index (χ2n) is 4.52. The lowest BCUT2D eigenvalue weighted by atomic mass is 9.82. The maximum atomic E-state index is 11.6. The molecule has 0 radical (unpaired) electrons. The molecule has 2 N–H and O–H groups in total. The lowest BCUT2D eigenvalue weighted by Crippen LogP contribution is -2.44. The second kappa shape index (κ2) is 7.19. The van der Waals surface area contributed by atoms with Crippen molar-refractivity contribution >= 4 is 23.6 Å². The van der Waals surface area contributed by atoms with Crippen molar-refractivity contribution < 1.29 is 14.7 Å². The molecule has 1 amide bonds. The molecule has 19 heavy (non-hydrogen) atoms. The van der Waals surface area contributed by atoms with Crippen LogP contribution in [-0.2, 0) is 15.0 Å². The van der Waals surface area contributed by atoms with Gasteiger partial charge in [0.15, 0.2) is 0 Å². The van der Waals surface area contributed by atoms with Gasteiger partial charge in [0.2, 0.25) is 5.91 Å². The lowest BCUT2D eigenvalue weighted by molar-refractivity contribution is -0.143. The third kappa shape index (κ3) is 4.28. The van der Waals surface area contributed by atoms with E-state index in [9.17, 15) is 14.7 Å². The van der Waals surface area contributed by atoms with E-state index < -0.39 is 11.4 Å². The van der Waals surface area contributed by atoms with Crippen LogP contribution in [0.15, 0.2) is 30.3 Å². The highest BCUT2D eigenvalue weighted by Crippen LogP contribution is 2.23. The van der Waals surface area contributed by atoms with Crippen molar-refractivity contribution in [2.24, 2.45) is 0 Å². The van der Waals surface area contributed by atoms with E-state index in [-0.39, 0.29) is 12.5 Å². The number of thioether (sulfide) groups is 1. The van der Waals surface area contributed by atoms with Crippen LogP contribution in [0, 0.1) is 0 Å². The first-order chi connectivity index (χ1) is 9.00. The van der Waals surface area contributed by atoms with E-state index in [1.54, 1.807) is 43.0 Å². The van der Waals surface area contributed by atoms with Crippen LogP contribution in [-0.4, -0.2) is 35.5 Å². The molecule has 104 valence electrons. The van der Waals surface area contributed by atoms with E-state index in [1.807, 2.05) is 12.3 Å². The molecule has 0 aliphatic heterocycles. The summed E-state index contributed by atoms with van der Waals surface area (Å²) in [5.41, 5.74) is -0.413. The Morgan fingerprint density at radius 1 is 1.32 bits per heavy atom. The smallest absolute Gasteiger partial charge is 0.315 e. The number of amides is 1. The zero-order valence-electron chi connectivity index (χ0n) is 11.2. The SMILES string of the molecule is CSCCC(=O)NCC(C)(C(=O)O)c1ccccc1. The molecule has 1 rings (SSSR count). The van der Waals surface area contributed by atoms with Crippen LogP contribution >= 0.6 is 11.8 Å². The van der Waals surface area contributed by atoms with E-state index in [2.05, 4.69) is 5.32 Å². The first kappa shape index (κ1) is 15.6. The van der Waals surface area contributed by atoms with Crippen molar-refractivity contribution in [3.8, 4) is 0 Å². The molecule has 0 bridgehead atoms. The fourth-order valence-corrected chi connectivity index (χ4v) is 2.06. The zero-order chi connectivity index (χ0) is 14.3. The largest absolute Gasteiger partial charge is 0.481 e. The summed E-state index contributed by atoms with van der Waals surface area (Å²) in [6.45, 7) is 1.72. The van der Waals surface area contributed by atoms with Crippen LogP contribution in [0.25, 0.3) is 0 Å². The molecule has 1 atom stereocenters. The summed E-state index contributed by atoms with van der Waals surface area (Å²) in [7, 11) is 0. The molecular formula is C14H19NO3S. The summed E-state index contributed by atoms with van der Waals surface area (Å²) in [5, 5.41) is 12.1. The highest BCUT2D eigenvalue weighted by molar-refractivity contribution is 7.98. The Balaban J connectivity index is 2.74. The minimum Gasteiger partial charge on any atom is -0.481 e. The number of hydrogen-bond acceptors (Lipinski definition) is 3. The van der Waals surface area contributed by atoms with Crippen LogP contribution in [0.3, 0.4) is 0 Å². The summed E-state index contributed by atoms with van der Waals surface area (Å²) in [6, 6.07) is 8.96. The Labute approximate surface area is 117 Å². The maximum Gasteiger partial charge on any atom is 0.315 e. The van der Waals surface area contributed by atoms with Gasteiger partial charge in [-0.3, -0.25) is 9.59 Å². The number of carboxylic acid groups (broad SMARTS) is 1. The Kier molecular flexibility index (Phi) is 5.89. The van der Waals surface area contributed by atoms with Crippen LogP contribution in [0.4, 0.5) is 0 Å². The molecule has 0 spiro atoms. The number of rotatable bonds is 7. The minimum absolute atomic E-state index is 0.0968. The van der Waals surface area contributed by atoms with E-state index in [0.29, 0.717) is 12.0 Å². The quantitative estimate of drug-likeness (QED) is 0.801. The fourth-order valence-electron chi connectivity index (χ4n) is 1.67. The van der Waals surface area contributed by atoms with Gasteiger partial charge in [-0.05, 0) is 18.7 Å². The molecule has 0 aliphatic rings. The van der Waals surface area contributed by atoms with Crippen LogP contribution in [0.1, 0.15) is 18.9 Å². The van der Waals surface area contributed by atoms with Gasteiger partial charge in [0.25, 0.3) is 0 Å². The predicted molar refractivity (Wildman–Crippen MR) is 77.4 cm³/mol. The van der Waals surface area contributed by atoms with E-state index >= 15 is 0 Å². The molecule has 4 nitrogen and oxygen atoms in total. The Morgan fingerprint density at radius 3 is 2.47 bits per heavy atom. The van der Waals surface area contributed by atoms with Crippen molar-refractivity contribution in [1.29, 1.82) is 0 Å². The molecule has 1 aromatic rings. The van der Waals surface area contributed by atoms with E-state index in [1.165, 1.54) is 0 Å². The standard InChI is InChI=1S/C14H19NO3S/c1-14(13(17)18,11-6-4-3-5-7-11)10-15-12(16)8-9-19-2/h3-7H,8-10H2,1-2H3,(H,15,16)(H,17,18). The second-order valence-corrected chi connectivity index (χ2v) is 5.51. The maximum absolute atomic E-state index is 11.6. The molecule has 1 unspecified atom stereocenters. The summed E-state index contributed by atoms with van der Waals surface area (Å²) in [5.74, 6) is -0.317. The number of nitrogens with one attached hydrogen (secondary N) is 1. The molecule has 0 aromatic heterocycles. The molecule has 1 aromatic carbocycles. The topological polar surface area (TPSA) is 66.4 Å². The van der Waals surface area contributed by atoms with Crippen LogP contribution < -0.4 is 5.32 Å². The summed E-state index contributed by atoms with van der Waals surface area (Å²) < 4.78 is 0. The molecule has 0 saturated carbocycles. The normalized spacial score (nSPS) is 13.6. The zero-order valence-corrected chi connectivity index (χ0v) is 12.0. The van der Waals surface area contributed by atoms with Gasteiger partial charge in [0, 0.05) is 18.7 Å². The fraction of sp³-hybridized carbons (Fsp3) is 0.429. The lowest BCUT2D eigenvalue weighted by Gasteiger charge is -2.25. The molecule has 0 heterocycles. The van der Waals surface area contributed by atoms with Gasteiger partial charge in [-0.1, -0.05) is 30.3 Å². The van der Waals surface area contributed by atoms with Crippen molar-refractivity contribution in [2.75, 3.05) is 18.6 Å². The van der Waals surface area contributed by atoms with E-state index in [4.69, 9.17) is 0 Å². The molecule has 0 aliphatic carbocycles. The van der Waals surface area contributed by atoms with Gasteiger partial charge < -0.3 is 10.4 Å². The third-order valence-corrected chi connectivity index (χ3v) is 3.67. The van der Waals surface area contributed by atoms with Gasteiger partial charge in [-0.15, -0.1) is 0 Å². The van der Waals surface area contributed by atoms with Gasteiger partial charge >= 0.3 is 5.97 Å². The Morgan fingerprint density at radius 2 is 1.95 bits per heavy atom. The average Bonchev–Trinajstić information content (AvgIpc) is 2.43.